The van der Waals surface area contributed by atoms with E-state index in [1.165, 1.54) is 18.9 Å². The van der Waals surface area contributed by atoms with Gasteiger partial charge >= 0.3 is 0 Å². The Morgan fingerprint density at radius 3 is 2.52 bits per heavy atom. The third-order valence-corrected chi connectivity index (χ3v) is 5.32. The highest BCUT2D eigenvalue weighted by atomic mass is 32.2. The lowest BCUT2D eigenvalue weighted by Gasteiger charge is -2.12. The lowest BCUT2D eigenvalue weighted by molar-refractivity contribution is -0.116. The normalized spacial score (nSPS) is 15.6. The molecule has 7 heteroatoms. The number of carbonyl (C=O) groups is 1. The number of benzene rings is 2. The first kappa shape index (κ1) is 22.7. The van der Waals surface area contributed by atoms with Gasteiger partial charge in [0.2, 0.25) is 5.78 Å². The zero-order valence-corrected chi connectivity index (χ0v) is 18.1. The Labute approximate surface area is 185 Å². The van der Waals surface area contributed by atoms with E-state index < -0.39 is 6.29 Å². The van der Waals surface area contributed by atoms with E-state index in [0.29, 0.717) is 22.3 Å². The van der Waals surface area contributed by atoms with Crippen molar-refractivity contribution >= 4 is 29.3 Å². The largest absolute Gasteiger partial charge is 0.480 e. The summed E-state index contributed by atoms with van der Waals surface area (Å²) in [7, 11) is 2.93. The van der Waals surface area contributed by atoms with Crippen LogP contribution in [-0.4, -0.2) is 44.6 Å². The second-order valence-corrected chi connectivity index (χ2v) is 7.43. The smallest absolute Gasteiger partial charge is 0.203 e. The quantitative estimate of drug-likeness (QED) is 0.371. The summed E-state index contributed by atoms with van der Waals surface area (Å²) in [6.07, 6.45) is 0.409. The molecule has 1 aliphatic rings. The van der Waals surface area contributed by atoms with Crippen molar-refractivity contribution in [3.05, 3.63) is 75.7 Å². The van der Waals surface area contributed by atoms with E-state index in [4.69, 9.17) is 14.2 Å². The van der Waals surface area contributed by atoms with Crippen LogP contribution in [0.4, 0.5) is 5.69 Å². The van der Waals surface area contributed by atoms with Gasteiger partial charge < -0.3 is 24.6 Å². The molecule has 0 saturated carbocycles. The van der Waals surface area contributed by atoms with Crippen molar-refractivity contribution in [1.29, 1.82) is 0 Å². The number of aliphatic hydroxyl groups excluding tert-OH is 1. The zero-order valence-electron chi connectivity index (χ0n) is 17.3. The van der Waals surface area contributed by atoms with Gasteiger partial charge in [-0.3, -0.25) is 4.79 Å². The number of para-hydroxylation sites is 2. The highest BCUT2D eigenvalue weighted by Gasteiger charge is 2.34. The Hall–Kier alpha value is -3.02. The lowest BCUT2D eigenvalue weighted by Crippen LogP contribution is -2.19. The fourth-order valence-electron chi connectivity index (χ4n) is 2.79. The van der Waals surface area contributed by atoms with Crippen molar-refractivity contribution < 1.29 is 24.1 Å². The summed E-state index contributed by atoms with van der Waals surface area (Å²) in [5.74, 6) is 6.01. The van der Waals surface area contributed by atoms with E-state index in [9.17, 15) is 9.90 Å². The molecule has 0 saturated heterocycles. The first-order chi connectivity index (χ1) is 15.1. The summed E-state index contributed by atoms with van der Waals surface area (Å²) < 4.78 is 15.7. The molecule has 1 atom stereocenters. The Kier molecular flexibility index (Phi) is 8.33. The molecule has 2 N–H and O–H groups in total. The fraction of sp³-hybridized carbons (Fsp3) is 0.208. The van der Waals surface area contributed by atoms with E-state index in [-0.39, 0.29) is 18.0 Å². The molecule has 0 spiro atoms. The minimum Gasteiger partial charge on any atom is -0.480 e. The molecule has 2 aromatic rings. The van der Waals surface area contributed by atoms with Gasteiger partial charge in [-0.2, -0.15) is 0 Å². The highest BCUT2D eigenvalue weighted by molar-refractivity contribution is 8.08. The molecule has 2 aromatic carbocycles. The maximum absolute atomic E-state index is 13.1. The average molecular weight is 438 g/mol. The molecule has 0 radical (unpaired) electrons. The summed E-state index contributed by atoms with van der Waals surface area (Å²) >= 11 is 1.24. The second-order valence-electron chi connectivity index (χ2n) is 6.37. The molecular formula is C24H23NO5S. The number of nitrogens with one attached hydrogen (secondary N) is 1. The first-order valence-electron chi connectivity index (χ1n) is 9.52. The Morgan fingerprint density at radius 2 is 1.77 bits per heavy atom. The van der Waals surface area contributed by atoms with Crippen molar-refractivity contribution in [1.82, 2.24) is 0 Å². The highest BCUT2D eigenvalue weighted by Crippen LogP contribution is 2.41. The van der Waals surface area contributed by atoms with Gasteiger partial charge in [-0.05, 0) is 24.3 Å². The van der Waals surface area contributed by atoms with Gasteiger partial charge in [0.25, 0.3) is 0 Å². The maximum Gasteiger partial charge on any atom is 0.203 e. The van der Waals surface area contributed by atoms with E-state index >= 15 is 0 Å². The molecular weight excluding hydrogens is 414 g/mol. The van der Waals surface area contributed by atoms with Crippen molar-refractivity contribution in [3.8, 4) is 17.6 Å². The molecule has 3 rings (SSSR count). The van der Waals surface area contributed by atoms with E-state index in [1.807, 2.05) is 54.6 Å². The summed E-state index contributed by atoms with van der Waals surface area (Å²) in [5.41, 5.74) is 1.71. The number of hydrogen-bond donors (Lipinski definition) is 2. The maximum atomic E-state index is 13.1. The summed E-state index contributed by atoms with van der Waals surface area (Å²) in [5, 5.41) is 14.0. The number of anilines is 1. The van der Waals surface area contributed by atoms with Gasteiger partial charge in [-0.25, -0.2) is 0 Å². The van der Waals surface area contributed by atoms with Gasteiger partial charge in [0.1, 0.15) is 19.0 Å². The molecule has 0 bridgehead atoms. The SMILES string of the molecule is COCC#CCOc1ccccc1/C=C1\SC(Nc2ccccc2)=C(C(O)OC)C1=O. The molecule has 0 aliphatic carbocycles. The Morgan fingerprint density at radius 1 is 1.06 bits per heavy atom. The molecule has 0 aromatic heterocycles. The number of aliphatic hydroxyl groups is 1. The Balaban J connectivity index is 1.84. The van der Waals surface area contributed by atoms with Crippen LogP contribution in [0.1, 0.15) is 5.56 Å². The molecule has 0 fully saturated rings. The monoisotopic (exact) mass is 437 g/mol. The van der Waals surface area contributed by atoms with Gasteiger partial charge in [-0.15, -0.1) is 0 Å². The number of ether oxygens (including phenoxy) is 3. The third kappa shape index (κ3) is 6.00. The van der Waals surface area contributed by atoms with Crippen LogP contribution in [0.5, 0.6) is 5.75 Å². The van der Waals surface area contributed by atoms with Crippen LogP contribution in [-0.2, 0) is 14.3 Å². The van der Waals surface area contributed by atoms with E-state index in [2.05, 4.69) is 17.2 Å². The summed E-state index contributed by atoms with van der Waals surface area (Å²) in [6, 6.07) is 16.8. The number of Topliss-reactive ketones (excluding diaryl/α,β-unsaturated/α-hetero) is 1. The molecule has 0 amide bonds. The Bertz CT molecular complexity index is 1040. The number of rotatable bonds is 8. The molecule has 6 nitrogen and oxygen atoms in total. The van der Waals surface area contributed by atoms with Crippen LogP contribution in [0.25, 0.3) is 6.08 Å². The van der Waals surface area contributed by atoms with Crippen LogP contribution in [0, 0.1) is 11.8 Å². The number of ketones is 1. The van der Waals surface area contributed by atoms with Crippen LogP contribution >= 0.6 is 11.8 Å². The molecule has 1 heterocycles. The second kappa shape index (κ2) is 11.4. The summed E-state index contributed by atoms with van der Waals surface area (Å²) in [6.45, 7) is 0.547. The third-order valence-electron chi connectivity index (χ3n) is 4.27. The van der Waals surface area contributed by atoms with Gasteiger partial charge in [0.05, 0.1) is 15.5 Å². The topological polar surface area (TPSA) is 77.0 Å². The molecule has 160 valence electrons. The summed E-state index contributed by atoms with van der Waals surface area (Å²) in [4.78, 5) is 13.5. The minimum atomic E-state index is -1.33. The van der Waals surface area contributed by atoms with E-state index in [1.54, 1.807) is 13.2 Å². The lowest BCUT2D eigenvalue weighted by atomic mass is 10.1. The predicted molar refractivity (Wildman–Crippen MR) is 122 cm³/mol. The van der Waals surface area contributed by atoms with Crippen molar-refractivity contribution in [2.24, 2.45) is 0 Å². The number of hydrogen-bond acceptors (Lipinski definition) is 7. The van der Waals surface area contributed by atoms with Gasteiger partial charge in [0, 0.05) is 25.5 Å². The number of methoxy groups -OCH3 is 2. The van der Waals surface area contributed by atoms with Crippen molar-refractivity contribution in [3.63, 3.8) is 0 Å². The standard InChI is InChI=1S/C24H23NO5S/c1-28-14-8-9-15-30-19-13-7-6-10-17(19)16-20-22(26)21(24(27)29-2)23(31-20)25-18-11-4-3-5-12-18/h3-7,10-13,16,24-25,27H,14-15H2,1-2H3/b20-16-. The first-order valence-corrected chi connectivity index (χ1v) is 10.3. The van der Waals surface area contributed by atoms with Crippen LogP contribution in [0.15, 0.2) is 70.1 Å². The minimum absolute atomic E-state index is 0.173. The zero-order chi connectivity index (χ0) is 22.1. The van der Waals surface area contributed by atoms with Crippen LogP contribution in [0.3, 0.4) is 0 Å². The molecule has 1 aliphatic heterocycles. The van der Waals surface area contributed by atoms with Crippen molar-refractivity contribution in [2.45, 2.75) is 6.29 Å². The van der Waals surface area contributed by atoms with Crippen LogP contribution in [0.2, 0.25) is 0 Å². The van der Waals surface area contributed by atoms with E-state index in [0.717, 1.165) is 11.3 Å². The van der Waals surface area contributed by atoms with Gasteiger partial charge in [-0.1, -0.05) is 60.0 Å². The fourth-order valence-corrected chi connectivity index (χ4v) is 3.87. The van der Waals surface area contributed by atoms with Crippen LogP contribution < -0.4 is 10.1 Å². The number of allylic oxidation sites excluding steroid dienone is 1. The van der Waals surface area contributed by atoms with Crippen molar-refractivity contribution in [2.75, 3.05) is 32.8 Å². The number of thioether (sulfide) groups is 1. The predicted octanol–water partition coefficient (Wildman–Crippen LogP) is 3.66. The molecule has 1 unspecified atom stereocenters. The molecule has 31 heavy (non-hydrogen) atoms. The number of carbonyl (C=O) groups excluding carboxylic acids is 1. The van der Waals surface area contributed by atoms with Gasteiger partial charge in [0.15, 0.2) is 6.29 Å². The average Bonchev–Trinajstić information content (AvgIpc) is 3.09.